The van der Waals surface area contributed by atoms with Gasteiger partial charge in [0.2, 0.25) is 0 Å². The maximum absolute atomic E-state index is 12.6. The summed E-state index contributed by atoms with van der Waals surface area (Å²) in [6, 6.07) is 3.63. The molecule has 0 aliphatic heterocycles. The zero-order valence-electron chi connectivity index (χ0n) is 7.06. The van der Waals surface area contributed by atoms with Gasteiger partial charge in [0.15, 0.2) is 0 Å². The molecule has 4 nitrogen and oxygen atoms in total. The van der Waals surface area contributed by atoms with Crippen LogP contribution >= 0.6 is 11.6 Å². The number of halogens is 2. The summed E-state index contributed by atoms with van der Waals surface area (Å²) < 4.78 is 12.6. The van der Waals surface area contributed by atoms with E-state index >= 15 is 0 Å². The van der Waals surface area contributed by atoms with E-state index in [4.69, 9.17) is 17.1 Å². The summed E-state index contributed by atoms with van der Waals surface area (Å²) in [5.74, 6) is -0.477. The lowest BCUT2D eigenvalue weighted by Gasteiger charge is -2.09. The number of azide groups is 1. The lowest BCUT2D eigenvalue weighted by molar-refractivity contribution is 0.187. The van der Waals surface area contributed by atoms with Crippen molar-refractivity contribution in [2.75, 3.05) is 6.54 Å². The maximum Gasteiger partial charge on any atom is 0.124 e. The molecule has 1 aromatic carbocycles. The van der Waals surface area contributed by atoms with Crippen molar-refractivity contribution in [1.29, 1.82) is 0 Å². The van der Waals surface area contributed by atoms with Gasteiger partial charge in [-0.15, -0.1) is 0 Å². The Morgan fingerprint density at radius 3 is 2.93 bits per heavy atom. The van der Waals surface area contributed by atoms with Crippen LogP contribution in [-0.2, 0) is 0 Å². The van der Waals surface area contributed by atoms with Crippen LogP contribution in [0.4, 0.5) is 4.39 Å². The highest BCUT2D eigenvalue weighted by molar-refractivity contribution is 6.31. The SMILES string of the molecule is [N-]=[N+]=NC[C@H](O)c1ccc(F)cc1Cl. The number of hydrogen-bond acceptors (Lipinski definition) is 2. The summed E-state index contributed by atoms with van der Waals surface area (Å²) in [6.45, 7) is -0.123. The molecular weight excluding hydrogens is 209 g/mol. The second-order valence-electron chi connectivity index (χ2n) is 2.60. The highest BCUT2D eigenvalue weighted by Gasteiger charge is 2.10. The quantitative estimate of drug-likeness (QED) is 0.470. The lowest BCUT2D eigenvalue weighted by atomic mass is 10.1. The van der Waals surface area contributed by atoms with Crippen LogP contribution in [0.1, 0.15) is 11.7 Å². The van der Waals surface area contributed by atoms with E-state index in [2.05, 4.69) is 10.0 Å². The first-order valence-corrected chi connectivity index (χ1v) is 4.17. The van der Waals surface area contributed by atoms with Crippen molar-refractivity contribution in [2.24, 2.45) is 5.11 Å². The Morgan fingerprint density at radius 2 is 2.36 bits per heavy atom. The Morgan fingerprint density at radius 1 is 1.64 bits per heavy atom. The van der Waals surface area contributed by atoms with Crippen molar-refractivity contribution in [3.8, 4) is 0 Å². The molecule has 0 heterocycles. The molecule has 6 heteroatoms. The fraction of sp³-hybridized carbons (Fsp3) is 0.250. The van der Waals surface area contributed by atoms with E-state index < -0.39 is 11.9 Å². The van der Waals surface area contributed by atoms with Crippen molar-refractivity contribution >= 4 is 11.6 Å². The van der Waals surface area contributed by atoms with Crippen molar-refractivity contribution in [1.82, 2.24) is 0 Å². The molecule has 0 aromatic heterocycles. The molecule has 0 saturated heterocycles. The van der Waals surface area contributed by atoms with Gasteiger partial charge in [-0.25, -0.2) is 4.39 Å². The first-order chi connectivity index (χ1) is 6.65. The standard InChI is InChI=1S/C8H7ClFN3O/c9-7-3-5(10)1-2-6(7)8(14)4-12-13-11/h1-3,8,14H,4H2/t8-/m0/s1. The van der Waals surface area contributed by atoms with E-state index in [9.17, 15) is 9.50 Å². The van der Waals surface area contributed by atoms with Gasteiger partial charge in [-0.2, -0.15) is 0 Å². The third-order valence-corrected chi connectivity index (χ3v) is 1.97. The van der Waals surface area contributed by atoms with E-state index in [0.29, 0.717) is 5.56 Å². The van der Waals surface area contributed by atoms with E-state index in [1.165, 1.54) is 12.1 Å². The van der Waals surface area contributed by atoms with Crippen LogP contribution in [0.25, 0.3) is 10.4 Å². The smallest absolute Gasteiger partial charge is 0.124 e. The van der Waals surface area contributed by atoms with Gasteiger partial charge in [0.1, 0.15) is 5.82 Å². The lowest BCUT2D eigenvalue weighted by Crippen LogP contribution is -2.01. The van der Waals surface area contributed by atoms with Crippen LogP contribution in [0.2, 0.25) is 5.02 Å². The fourth-order valence-electron chi connectivity index (χ4n) is 0.984. The molecule has 0 saturated carbocycles. The minimum absolute atomic E-state index is 0.116. The van der Waals surface area contributed by atoms with Crippen LogP contribution in [0, 0.1) is 5.82 Å². The molecule has 0 spiro atoms. The molecule has 0 bridgehead atoms. The average molecular weight is 216 g/mol. The van der Waals surface area contributed by atoms with Crippen LogP contribution in [0.5, 0.6) is 0 Å². The van der Waals surface area contributed by atoms with Crippen molar-refractivity contribution in [3.63, 3.8) is 0 Å². The van der Waals surface area contributed by atoms with Crippen LogP contribution < -0.4 is 0 Å². The van der Waals surface area contributed by atoms with E-state index in [0.717, 1.165) is 6.07 Å². The minimum atomic E-state index is -1.00. The van der Waals surface area contributed by atoms with Crippen molar-refractivity contribution in [2.45, 2.75) is 6.10 Å². The molecule has 0 radical (unpaired) electrons. The normalized spacial score (nSPS) is 11.9. The zero-order valence-corrected chi connectivity index (χ0v) is 7.82. The molecule has 0 amide bonds. The molecule has 0 unspecified atom stereocenters. The number of nitrogens with zero attached hydrogens (tertiary/aromatic N) is 3. The van der Waals surface area contributed by atoms with Gasteiger partial charge in [0.05, 0.1) is 12.6 Å². The molecule has 0 fully saturated rings. The van der Waals surface area contributed by atoms with Gasteiger partial charge in [-0.1, -0.05) is 22.8 Å². The van der Waals surface area contributed by atoms with Crippen LogP contribution in [0.15, 0.2) is 23.3 Å². The van der Waals surface area contributed by atoms with Gasteiger partial charge in [-0.05, 0) is 23.2 Å². The van der Waals surface area contributed by atoms with Gasteiger partial charge in [0, 0.05) is 9.93 Å². The Labute approximate surface area is 84.6 Å². The van der Waals surface area contributed by atoms with Gasteiger partial charge >= 0.3 is 0 Å². The Balaban J connectivity index is 2.89. The average Bonchev–Trinajstić information content (AvgIpc) is 2.14. The number of aliphatic hydroxyl groups excluding tert-OH is 1. The number of benzene rings is 1. The fourth-order valence-corrected chi connectivity index (χ4v) is 1.28. The molecule has 1 atom stereocenters. The predicted octanol–water partition coefficient (Wildman–Crippen LogP) is 2.82. The molecule has 1 aromatic rings. The Kier molecular flexibility index (Phi) is 3.71. The third-order valence-electron chi connectivity index (χ3n) is 1.64. The number of aliphatic hydroxyl groups is 1. The largest absolute Gasteiger partial charge is 0.388 e. The Hall–Kier alpha value is -1.29. The minimum Gasteiger partial charge on any atom is -0.388 e. The van der Waals surface area contributed by atoms with Crippen LogP contribution in [-0.4, -0.2) is 11.7 Å². The van der Waals surface area contributed by atoms with E-state index in [1.807, 2.05) is 0 Å². The third kappa shape index (κ3) is 2.60. The van der Waals surface area contributed by atoms with Crippen LogP contribution in [0.3, 0.4) is 0 Å². The topological polar surface area (TPSA) is 69.0 Å². The first-order valence-electron chi connectivity index (χ1n) is 3.79. The highest BCUT2D eigenvalue weighted by atomic mass is 35.5. The second kappa shape index (κ2) is 4.81. The second-order valence-corrected chi connectivity index (χ2v) is 3.00. The van der Waals surface area contributed by atoms with Gasteiger partial charge in [-0.3, -0.25) is 0 Å². The molecule has 0 aliphatic rings. The molecule has 14 heavy (non-hydrogen) atoms. The van der Waals surface area contributed by atoms with Gasteiger partial charge in [0.25, 0.3) is 0 Å². The zero-order chi connectivity index (χ0) is 10.6. The van der Waals surface area contributed by atoms with E-state index in [-0.39, 0.29) is 11.6 Å². The summed E-state index contributed by atoms with van der Waals surface area (Å²) in [6.07, 6.45) is -1.00. The summed E-state index contributed by atoms with van der Waals surface area (Å²) in [5, 5.41) is 12.8. The number of hydrogen-bond donors (Lipinski definition) is 1. The summed E-state index contributed by atoms with van der Waals surface area (Å²) in [5.41, 5.74) is 8.38. The maximum atomic E-state index is 12.6. The molecule has 1 N–H and O–H groups in total. The first kappa shape index (κ1) is 10.8. The summed E-state index contributed by atoms with van der Waals surface area (Å²) >= 11 is 5.67. The van der Waals surface area contributed by atoms with Gasteiger partial charge < -0.3 is 5.11 Å². The summed E-state index contributed by atoms with van der Waals surface area (Å²) in [7, 11) is 0. The number of rotatable bonds is 3. The molecular formula is C8H7ClFN3O. The molecule has 74 valence electrons. The predicted molar refractivity (Wildman–Crippen MR) is 50.4 cm³/mol. The van der Waals surface area contributed by atoms with Crippen molar-refractivity contribution in [3.05, 3.63) is 45.0 Å². The van der Waals surface area contributed by atoms with Crippen molar-refractivity contribution < 1.29 is 9.50 Å². The molecule has 1 rings (SSSR count). The molecule has 0 aliphatic carbocycles. The highest BCUT2D eigenvalue weighted by Crippen LogP contribution is 2.23. The van der Waals surface area contributed by atoms with E-state index in [1.54, 1.807) is 0 Å². The monoisotopic (exact) mass is 215 g/mol. The Bertz CT molecular complexity index is 379. The summed E-state index contributed by atoms with van der Waals surface area (Å²) in [4.78, 5) is 2.50.